The monoisotopic (exact) mass is 387 g/mol. The number of benzene rings is 2. The van der Waals surface area contributed by atoms with Crippen LogP contribution < -0.4 is 10.1 Å². The molecule has 0 spiro atoms. The molecule has 0 aliphatic carbocycles. The smallest absolute Gasteiger partial charge is 0.265 e. The fourth-order valence-electron chi connectivity index (χ4n) is 2.05. The van der Waals surface area contributed by atoms with Crippen LogP contribution >= 0.6 is 15.9 Å². The van der Waals surface area contributed by atoms with Crippen LogP contribution in [-0.2, 0) is 4.79 Å². The molecule has 1 N–H and O–H groups in total. The van der Waals surface area contributed by atoms with Crippen molar-refractivity contribution < 1.29 is 9.53 Å². The summed E-state index contributed by atoms with van der Waals surface area (Å²) in [7, 11) is 0. The SMILES string of the molecule is CC(Oc1cccc(-n2cnnn2)c1)C(=O)Nc1cccc(Br)c1. The van der Waals surface area contributed by atoms with Crippen LogP contribution in [0.25, 0.3) is 5.69 Å². The third-order valence-corrected chi connectivity index (χ3v) is 3.70. The lowest BCUT2D eigenvalue weighted by Gasteiger charge is -2.15. The van der Waals surface area contributed by atoms with E-state index in [4.69, 9.17) is 4.74 Å². The van der Waals surface area contributed by atoms with Crippen LogP contribution in [0, 0.1) is 0 Å². The molecular formula is C16H14BrN5O2. The van der Waals surface area contributed by atoms with Gasteiger partial charge < -0.3 is 10.1 Å². The summed E-state index contributed by atoms with van der Waals surface area (Å²) in [5.74, 6) is 0.320. The summed E-state index contributed by atoms with van der Waals surface area (Å²) in [5.41, 5.74) is 1.45. The lowest BCUT2D eigenvalue weighted by atomic mass is 10.2. The molecular weight excluding hydrogens is 374 g/mol. The van der Waals surface area contributed by atoms with Gasteiger partial charge in [0.05, 0.1) is 5.69 Å². The fraction of sp³-hybridized carbons (Fsp3) is 0.125. The lowest BCUT2D eigenvalue weighted by molar-refractivity contribution is -0.122. The molecule has 0 saturated heterocycles. The van der Waals surface area contributed by atoms with Crippen LogP contribution in [-0.4, -0.2) is 32.2 Å². The first kappa shape index (κ1) is 16.1. The molecule has 24 heavy (non-hydrogen) atoms. The summed E-state index contributed by atoms with van der Waals surface area (Å²) in [4.78, 5) is 12.3. The number of carbonyl (C=O) groups excluding carboxylic acids is 1. The molecule has 1 unspecified atom stereocenters. The van der Waals surface area contributed by atoms with Crippen molar-refractivity contribution in [2.45, 2.75) is 13.0 Å². The van der Waals surface area contributed by atoms with Crippen molar-refractivity contribution in [3.63, 3.8) is 0 Å². The van der Waals surface area contributed by atoms with E-state index in [1.54, 1.807) is 19.1 Å². The van der Waals surface area contributed by atoms with Gasteiger partial charge in [-0.15, -0.1) is 5.10 Å². The maximum atomic E-state index is 12.3. The van der Waals surface area contributed by atoms with E-state index < -0.39 is 6.10 Å². The van der Waals surface area contributed by atoms with Crippen molar-refractivity contribution in [1.82, 2.24) is 20.2 Å². The highest BCUT2D eigenvalue weighted by Gasteiger charge is 2.15. The van der Waals surface area contributed by atoms with Gasteiger partial charge in [-0.05, 0) is 47.7 Å². The molecule has 0 radical (unpaired) electrons. The summed E-state index contributed by atoms with van der Waals surface area (Å²) < 4.78 is 8.12. The van der Waals surface area contributed by atoms with Gasteiger partial charge in [0.1, 0.15) is 12.1 Å². The number of carbonyl (C=O) groups is 1. The number of hydrogen-bond acceptors (Lipinski definition) is 5. The van der Waals surface area contributed by atoms with Crippen LogP contribution in [0.1, 0.15) is 6.92 Å². The van der Waals surface area contributed by atoms with Crippen molar-refractivity contribution in [2.75, 3.05) is 5.32 Å². The Morgan fingerprint density at radius 2 is 2.08 bits per heavy atom. The average Bonchev–Trinajstić information content (AvgIpc) is 3.09. The second kappa shape index (κ2) is 7.22. The predicted octanol–water partition coefficient (Wildman–Crippen LogP) is 2.83. The van der Waals surface area contributed by atoms with Gasteiger partial charge in [-0.3, -0.25) is 4.79 Å². The van der Waals surface area contributed by atoms with Crippen LogP contribution in [0.15, 0.2) is 59.3 Å². The number of ether oxygens (including phenoxy) is 1. The lowest BCUT2D eigenvalue weighted by Crippen LogP contribution is -2.30. The molecule has 1 aromatic heterocycles. The Hall–Kier alpha value is -2.74. The highest BCUT2D eigenvalue weighted by molar-refractivity contribution is 9.10. The molecule has 3 aromatic rings. The first-order valence-electron chi connectivity index (χ1n) is 7.18. The van der Waals surface area contributed by atoms with E-state index in [0.717, 1.165) is 10.2 Å². The maximum absolute atomic E-state index is 12.3. The van der Waals surface area contributed by atoms with E-state index in [9.17, 15) is 4.79 Å². The Bertz CT molecular complexity index is 838. The van der Waals surface area contributed by atoms with E-state index in [2.05, 4.69) is 36.8 Å². The van der Waals surface area contributed by atoms with E-state index >= 15 is 0 Å². The second-order valence-corrected chi connectivity index (χ2v) is 5.93. The molecule has 0 aliphatic rings. The summed E-state index contributed by atoms with van der Waals surface area (Å²) >= 11 is 3.37. The number of amides is 1. The second-order valence-electron chi connectivity index (χ2n) is 5.01. The van der Waals surface area contributed by atoms with Crippen LogP contribution in [0.2, 0.25) is 0 Å². The third-order valence-electron chi connectivity index (χ3n) is 3.21. The number of hydrogen-bond donors (Lipinski definition) is 1. The van der Waals surface area contributed by atoms with E-state index in [1.165, 1.54) is 11.0 Å². The quantitative estimate of drug-likeness (QED) is 0.727. The predicted molar refractivity (Wildman–Crippen MR) is 92.0 cm³/mol. The van der Waals surface area contributed by atoms with Crippen molar-refractivity contribution in [1.29, 1.82) is 0 Å². The number of rotatable bonds is 5. The van der Waals surface area contributed by atoms with Crippen molar-refractivity contribution >= 4 is 27.5 Å². The van der Waals surface area contributed by atoms with Crippen molar-refractivity contribution in [3.05, 3.63) is 59.3 Å². The number of nitrogens with zero attached hydrogens (tertiary/aromatic N) is 4. The maximum Gasteiger partial charge on any atom is 0.265 e. The Morgan fingerprint density at radius 3 is 2.83 bits per heavy atom. The van der Waals surface area contributed by atoms with Crippen molar-refractivity contribution in [3.8, 4) is 11.4 Å². The zero-order valence-electron chi connectivity index (χ0n) is 12.8. The number of tetrazole rings is 1. The minimum absolute atomic E-state index is 0.235. The molecule has 0 fully saturated rings. The standard InChI is InChI=1S/C16H14BrN5O2/c1-11(16(23)19-13-5-2-4-12(17)8-13)24-15-7-3-6-14(9-15)22-10-18-20-21-22/h2-11H,1H3,(H,19,23). The summed E-state index contributed by atoms with van der Waals surface area (Å²) in [6.45, 7) is 1.69. The Labute approximate surface area is 146 Å². The first-order valence-corrected chi connectivity index (χ1v) is 7.97. The molecule has 0 aliphatic heterocycles. The van der Waals surface area contributed by atoms with Gasteiger partial charge in [0.25, 0.3) is 5.91 Å². The average molecular weight is 388 g/mol. The van der Waals surface area contributed by atoms with Gasteiger partial charge in [0, 0.05) is 16.2 Å². The molecule has 2 aromatic carbocycles. The van der Waals surface area contributed by atoms with Gasteiger partial charge in [0.2, 0.25) is 0 Å². The summed E-state index contributed by atoms with van der Waals surface area (Å²) in [6, 6.07) is 14.6. The van der Waals surface area contributed by atoms with Gasteiger partial charge in [0.15, 0.2) is 6.10 Å². The minimum atomic E-state index is -0.659. The van der Waals surface area contributed by atoms with E-state index in [-0.39, 0.29) is 5.91 Å². The Morgan fingerprint density at radius 1 is 1.25 bits per heavy atom. The topological polar surface area (TPSA) is 81.9 Å². The molecule has 1 amide bonds. The third kappa shape index (κ3) is 3.96. The zero-order valence-corrected chi connectivity index (χ0v) is 14.3. The van der Waals surface area contributed by atoms with E-state index in [1.807, 2.05) is 36.4 Å². The highest BCUT2D eigenvalue weighted by Crippen LogP contribution is 2.19. The van der Waals surface area contributed by atoms with Crippen LogP contribution in [0.5, 0.6) is 5.75 Å². The van der Waals surface area contributed by atoms with Crippen LogP contribution in [0.3, 0.4) is 0 Å². The fourth-order valence-corrected chi connectivity index (χ4v) is 2.45. The number of anilines is 1. The molecule has 0 bridgehead atoms. The Kier molecular flexibility index (Phi) is 4.85. The van der Waals surface area contributed by atoms with Crippen molar-refractivity contribution in [2.24, 2.45) is 0 Å². The zero-order chi connectivity index (χ0) is 16.9. The Balaban J connectivity index is 1.67. The number of aromatic nitrogens is 4. The molecule has 7 nitrogen and oxygen atoms in total. The molecule has 3 rings (SSSR count). The first-order chi connectivity index (χ1) is 11.6. The summed E-state index contributed by atoms with van der Waals surface area (Å²) in [6.07, 6.45) is 0.829. The molecule has 1 atom stereocenters. The molecule has 0 saturated carbocycles. The normalized spacial score (nSPS) is 11.8. The van der Waals surface area contributed by atoms with Gasteiger partial charge in [-0.25, -0.2) is 4.68 Å². The summed E-state index contributed by atoms with van der Waals surface area (Å²) in [5, 5.41) is 13.8. The number of halogens is 1. The van der Waals surface area contributed by atoms with Gasteiger partial charge in [-0.1, -0.05) is 28.1 Å². The molecule has 8 heteroatoms. The highest BCUT2D eigenvalue weighted by atomic mass is 79.9. The molecule has 1 heterocycles. The minimum Gasteiger partial charge on any atom is -0.481 e. The number of nitrogens with one attached hydrogen (secondary N) is 1. The largest absolute Gasteiger partial charge is 0.481 e. The van der Waals surface area contributed by atoms with Gasteiger partial charge in [-0.2, -0.15) is 0 Å². The van der Waals surface area contributed by atoms with Crippen LogP contribution in [0.4, 0.5) is 5.69 Å². The van der Waals surface area contributed by atoms with E-state index in [0.29, 0.717) is 11.4 Å². The molecule has 122 valence electrons. The van der Waals surface area contributed by atoms with Gasteiger partial charge >= 0.3 is 0 Å².